The molecule has 24 heavy (non-hydrogen) atoms. The number of carbonyl (C=O) groups is 2. The highest BCUT2D eigenvalue weighted by molar-refractivity contribution is 6.31. The Kier molecular flexibility index (Phi) is 4.40. The van der Waals surface area contributed by atoms with E-state index in [4.69, 9.17) is 11.6 Å². The van der Waals surface area contributed by atoms with Crippen LogP contribution in [0.15, 0.2) is 42.5 Å². The number of halogens is 1. The Morgan fingerprint density at radius 2 is 2.00 bits per heavy atom. The van der Waals surface area contributed by atoms with Crippen LogP contribution < -0.4 is 0 Å². The number of carboxylic acids is 1. The van der Waals surface area contributed by atoms with Crippen molar-refractivity contribution >= 4 is 34.8 Å². The minimum absolute atomic E-state index is 0.195. The zero-order chi connectivity index (χ0) is 17.3. The van der Waals surface area contributed by atoms with Gasteiger partial charge in [-0.15, -0.1) is 0 Å². The number of nitrogens with zero attached hydrogens (tertiary/aromatic N) is 1. The molecule has 0 radical (unpaired) electrons. The Bertz CT molecular complexity index is 943. The summed E-state index contributed by atoms with van der Waals surface area (Å²) >= 11 is 6.27. The molecule has 3 aromatic rings. The molecule has 0 saturated heterocycles. The fourth-order valence-electron chi connectivity index (χ4n) is 3.05. The van der Waals surface area contributed by atoms with Gasteiger partial charge in [-0.25, -0.2) is 4.79 Å². The van der Waals surface area contributed by atoms with Gasteiger partial charge in [0.2, 0.25) is 0 Å². The van der Waals surface area contributed by atoms with E-state index in [1.807, 2.05) is 35.8 Å². The van der Waals surface area contributed by atoms with Crippen molar-refractivity contribution in [2.45, 2.75) is 19.9 Å². The summed E-state index contributed by atoms with van der Waals surface area (Å²) < 4.78 is 1.98. The summed E-state index contributed by atoms with van der Waals surface area (Å²) in [6.07, 6.45) is 1.50. The maximum atomic E-state index is 11.6. The molecular formula is C19H16ClNO3. The molecule has 0 saturated carbocycles. The molecule has 0 unspecified atom stereocenters. The third-order valence-electron chi connectivity index (χ3n) is 4.20. The van der Waals surface area contributed by atoms with Crippen LogP contribution in [-0.2, 0) is 13.0 Å². The summed E-state index contributed by atoms with van der Waals surface area (Å²) in [7, 11) is 0. The third kappa shape index (κ3) is 2.69. The quantitative estimate of drug-likeness (QED) is 0.699. The van der Waals surface area contributed by atoms with Crippen LogP contribution in [0.1, 0.15) is 38.9 Å². The van der Waals surface area contributed by atoms with Crippen LogP contribution in [0.3, 0.4) is 0 Å². The number of aromatic nitrogens is 1. The number of fused-ring (bicyclic) bond motifs is 1. The first-order valence-corrected chi connectivity index (χ1v) is 8.01. The average molecular weight is 342 g/mol. The Morgan fingerprint density at radius 1 is 1.25 bits per heavy atom. The molecule has 3 rings (SSSR count). The number of hydrogen-bond acceptors (Lipinski definition) is 2. The van der Waals surface area contributed by atoms with Crippen LogP contribution in [0.4, 0.5) is 0 Å². The maximum absolute atomic E-state index is 11.6. The first-order valence-electron chi connectivity index (χ1n) is 7.63. The van der Waals surface area contributed by atoms with Gasteiger partial charge in [0.15, 0.2) is 6.29 Å². The second-order valence-corrected chi connectivity index (χ2v) is 5.95. The summed E-state index contributed by atoms with van der Waals surface area (Å²) in [5.41, 5.74) is 3.33. The van der Waals surface area contributed by atoms with Gasteiger partial charge < -0.3 is 9.67 Å². The molecule has 0 aliphatic heterocycles. The van der Waals surface area contributed by atoms with Crippen molar-refractivity contribution in [3.8, 4) is 0 Å². The standard InChI is InChI=1S/C19H16ClNO3/c1-2-17-15(11-22)14-8-7-12(19(23)24)9-18(14)21(17)10-13-5-3-4-6-16(13)20/h3-9,11H,2,10H2,1H3,(H,23,24). The number of hydrogen-bond donors (Lipinski definition) is 1. The molecule has 0 fully saturated rings. The zero-order valence-corrected chi connectivity index (χ0v) is 13.9. The predicted octanol–water partition coefficient (Wildman–Crippen LogP) is 4.42. The molecule has 0 atom stereocenters. The molecule has 4 nitrogen and oxygen atoms in total. The zero-order valence-electron chi connectivity index (χ0n) is 13.1. The van der Waals surface area contributed by atoms with Crippen LogP contribution in [0.2, 0.25) is 5.02 Å². The van der Waals surface area contributed by atoms with E-state index in [1.165, 1.54) is 6.07 Å². The minimum atomic E-state index is -0.993. The van der Waals surface area contributed by atoms with Crippen LogP contribution in [0, 0.1) is 0 Å². The van der Waals surface area contributed by atoms with Crippen molar-refractivity contribution < 1.29 is 14.7 Å². The Hall–Kier alpha value is -2.59. The molecule has 2 aromatic carbocycles. The predicted molar refractivity (Wildman–Crippen MR) is 94.2 cm³/mol. The number of rotatable bonds is 5. The largest absolute Gasteiger partial charge is 0.478 e. The monoisotopic (exact) mass is 341 g/mol. The number of carbonyl (C=O) groups excluding carboxylic acids is 1. The highest BCUT2D eigenvalue weighted by atomic mass is 35.5. The third-order valence-corrected chi connectivity index (χ3v) is 4.57. The molecule has 0 spiro atoms. The summed E-state index contributed by atoms with van der Waals surface area (Å²) in [6, 6.07) is 12.3. The van der Waals surface area contributed by atoms with E-state index in [0.29, 0.717) is 23.6 Å². The lowest BCUT2D eigenvalue weighted by molar-refractivity contribution is 0.0697. The second-order valence-electron chi connectivity index (χ2n) is 5.55. The van der Waals surface area contributed by atoms with Crippen molar-refractivity contribution in [1.29, 1.82) is 0 Å². The van der Waals surface area contributed by atoms with Gasteiger partial charge in [-0.05, 0) is 30.2 Å². The molecular weight excluding hydrogens is 326 g/mol. The SMILES string of the molecule is CCc1c(C=O)c2ccc(C(=O)O)cc2n1Cc1ccccc1Cl. The highest BCUT2D eigenvalue weighted by Gasteiger charge is 2.18. The van der Waals surface area contributed by atoms with E-state index in [2.05, 4.69) is 0 Å². The van der Waals surface area contributed by atoms with E-state index in [1.54, 1.807) is 12.1 Å². The number of carboxylic acid groups (broad SMARTS) is 1. The lowest BCUT2D eigenvalue weighted by Crippen LogP contribution is -2.06. The fraction of sp³-hybridized carbons (Fsp3) is 0.158. The topological polar surface area (TPSA) is 59.3 Å². The van der Waals surface area contributed by atoms with Crippen molar-refractivity contribution in [2.75, 3.05) is 0 Å². The lowest BCUT2D eigenvalue weighted by Gasteiger charge is -2.12. The van der Waals surface area contributed by atoms with Gasteiger partial charge in [-0.1, -0.05) is 42.8 Å². The van der Waals surface area contributed by atoms with Crippen molar-refractivity contribution in [1.82, 2.24) is 4.57 Å². The van der Waals surface area contributed by atoms with Gasteiger partial charge in [0.1, 0.15) is 0 Å². The Morgan fingerprint density at radius 3 is 2.62 bits per heavy atom. The van der Waals surface area contributed by atoms with Crippen LogP contribution in [0.5, 0.6) is 0 Å². The lowest BCUT2D eigenvalue weighted by atomic mass is 10.1. The number of aromatic carboxylic acids is 1. The molecule has 1 aromatic heterocycles. The summed E-state index contributed by atoms with van der Waals surface area (Å²) in [6.45, 7) is 2.46. The van der Waals surface area contributed by atoms with Crippen molar-refractivity contribution in [3.05, 3.63) is 69.9 Å². The first-order chi connectivity index (χ1) is 11.6. The Balaban J connectivity index is 2.27. The van der Waals surface area contributed by atoms with E-state index in [-0.39, 0.29) is 5.56 Å². The number of benzene rings is 2. The molecule has 122 valence electrons. The van der Waals surface area contributed by atoms with E-state index >= 15 is 0 Å². The van der Waals surface area contributed by atoms with Crippen molar-refractivity contribution in [2.24, 2.45) is 0 Å². The second kappa shape index (κ2) is 6.49. The van der Waals surface area contributed by atoms with Gasteiger partial charge in [0.25, 0.3) is 0 Å². The molecule has 0 aliphatic carbocycles. The van der Waals surface area contributed by atoms with E-state index in [0.717, 1.165) is 28.4 Å². The van der Waals surface area contributed by atoms with Crippen LogP contribution in [-0.4, -0.2) is 21.9 Å². The summed E-state index contributed by atoms with van der Waals surface area (Å²) in [4.78, 5) is 22.9. The fourth-order valence-corrected chi connectivity index (χ4v) is 3.25. The van der Waals surface area contributed by atoms with Crippen molar-refractivity contribution in [3.63, 3.8) is 0 Å². The van der Waals surface area contributed by atoms with Gasteiger partial charge in [-0.2, -0.15) is 0 Å². The van der Waals surface area contributed by atoms with Gasteiger partial charge in [0.05, 0.1) is 11.1 Å². The van der Waals surface area contributed by atoms with Gasteiger partial charge in [0, 0.05) is 28.2 Å². The smallest absolute Gasteiger partial charge is 0.335 e. The highest BCUT2D eigenvalue weighted by Crippen LogP contribution is 2.29. The molecule has 0 amide bonds. The van der Waals surface area contributed by atoms with Crippen LogP contribution >= 0.6 is 11.6 Å². The Labute approximate surface area is 144 Å². The normalized spacial score (nSPS) is 10.9. The van der Waals surface area contributed by atoms with E-state index < -0.39 is 5.97 Å². The molecule has 0 bridgehead atoms. The summed E-state index contributed by atoms with van der Waals surface area (Å²) in [5.74, 6) is -0.993. The average Bonchev–Trinajstić information content (AvgIpc) is 2.88. The summed E-state index contributed by atoms with van der Waals surface area (Å²) in [5, 5.41) is 10.7. The maximum Gasteiger partial charge on any atom is 0.335 e. The molecule has 1 N–H and O–H groups in total. The first kappa shape index (κ1) is 16.3. The molecule has 0 aliphatic rings. The van der Waals surface area contributed by atoms with E-state index in [9.17, 15) is 14.7 Å². The number of aldehydes is 1. The molecule has 5 heteroatoms. The minimum Gasteiger partial charge on any atom is -0.478 e. The molecule has 1 heterocycles. The van der Waals surface area contributed by atoms with Crippen LogP contribution in [0.25, 0.3) is 10.9 Å². The van der Waals surface area contributed by atoms with Gasteiger partial charge >= 0.3 is 5.97 Å². The van der Waals surface area contributed by atoms with Gasteiger partial charge in [-0.3, -0.25) is 4.79 Å².